The fraction of sp³-hybridized carbons (Fsp3) is 0.278. The van der Waals surface area contributed by atoms with E-state index in [1.54, 1.807) is 35.2 Å². The maximum Gasteiger partial charge on any atom is 0.321 e. The van der Waals surface area contributed by atoms with Gasteiger partial charge in [-0.05, 0) is 35.9 Å². The van der Waals surface area contributed by atoms with Gasteiger partial charge in [-0.1, -0.05) is 35.3 Å². The number of anilines is 1. The molecular weight excluding hydrogens is 361 g/mol. The Kier molecular flexibility index (Phi) is 5.68. The van der Waals surface area contributed by atoms with Crippen molar-refractivity contribution in [1.82, 2.24) is 9.80 Å². The third-order valence-corrected chi connectivity index (χ3v) is 4.71. The lowest BCUT2D eigenvalue weighted by molar-refractivity contribution is 0.143. The maximum atomic E-state index is 12.4. The van der Waals surface area contributed by atoms with E-state index in [0.717, 1.165) is 25.2 Å². The van der Waals surface area contributed by atoms with Crippen LogP contribution in [0.2, 0.25) is 10.0 Å². The molecule has 0 unspecified atom stereocenters. The van der Waals surface area contributed by atoms with Crippen LogP contribution in [0.15, 0.2) is 42.5 Å². The molecule has 1 aliphatic rings. The molecule has 0 bridgehead atoms. The van der Waals surface area contributed by atoms with Gasteiger partial charge in [-0.25, -0.2) is 4.79 Å². The summed E-state index contributed by atoms with van der Waals surface area (Å²) in [5, 5.41) is 13.3. The van der Waals surface area contributed by atoms with E-state index in [9.17, 15) is 9.90 Å². The van der Waals surface area contributed by atoms with Crippen molar-refractivity contribution in [2.45, 2.75) is 6.54 Å². The van der Waals surface area contributed by atoms with Gasteiger partial charge in [0.1, 0.15) is 5.75 Å². The van der Waals surface area contributed by atoms with Crippen molar-refractivity contribution in [2.24, 2.45) is 0 Å². The van der Waals surface area contributed by atoms with Gasteiger partial charge in [-0.3, -0.25) is 4.90 Å². The highest BCUT2D eigenvalue weighted by molar-refractivity contribution is 6.35. The van der Waals surface area contributed by atoms with E-state index >= 15 is 0 Å². The normalized spacial score (nSPS) is 15.2. The number of amides is 2. The number of carbonyl (C=O) groups is 1. The number of phenolic OH excluding ortho intramolecular Hbond substituents is 1. The average molecular weight is 380 g/mol. The van der Waals surface area contributed by atoms with Crippen LogP contribution in [0.1, 0.15) is 5.56 Å². The second-order valence-electron chi connectivity index (χ2n) is 5.99. The van der Waals surface area contributed by atoms with Gasteiger partial charge >= 0.3 is 6.03 Å². The number of carbonyl (C=O) groups excluding carboxylic acids is 1. The molecule has 0 atom stereocenters. The van der Waals surface area contributed by atoms with Crippen LogP contribution in [0.25, 0.3) is 0 Å². The van der Waals surface area contributed by atoms with Crippen LogP contribution in [0.4, 0.5) is 10.5 Å². The summed E-state index contributed by atoms with van der Waals surface area (Å²) in [5.74, 6) is 0.272. The minimum absolute atomic E-state index is 0.179. The van der Waals surface area contributed by atoms with Crippen LogP contribution in [-0.4, -0.2) is 47.1 Å². The number of aromatic hydroxyl groups is 1. The highest BCUT2D eigenvalue weighted by Crippen LogP contribution is 2.25. The molecule has 1 fully saturated rings. The molecule has 2 aromatic rings. The summed E-state index contributed by atoms with van der Waals surface area (Å²) in [6, 6.07) is 12.0. The van der Waals surface area contributed by atoms with Crippen molar-refractivity contribution in [3.63, 3.8) is 0 Å². The molecule has 132 valence electrons. The molecule has 1 saturated heterocycles. The summed E-state index contributed by atoms with van der Waals surface area (Å²) < 4.78 is 0. The molecule has 7 heteroatoms. The summed E-state index contributed by atoms with van der Waals surface area (Å²) in [5.41, 5.74) is 1.57. The van der Waals surface area contributed by atoms with Crippen molar-refractivity contribution in [3.05, 3.63) is 58.1 Å². The van der Waals surface area contributed by atoms with Crippen LogP contribution in [0.5, 0.6) is 5.75 Å². The van der Waals surface area contributed by atoms with Crippen LogP contribution in [0.3, 0.4) is 0 Å². The first-order chi connectivity index (χ1) is 12.0. The zero-order valence-corrected chi connectivity index (χ0v) is 15.1. The Morgan fingerprint density at radius 3 is 2.56 bits per heavy atom. The highest BCUT2D eigenvalue weighted by Gasteiger charge is 2.21. The molecular formula is C18H19Cl2N3O2. The molecule has 25 heavy (non-hydrogen) atoms. The van der Waals surface area contributed by atoms with Gasteiger partial charge in [-0.2, -0.15) is 0 Å². The zero-order valence-electron chi connectivity index (χ0n) is 13.6. The maximum absolute atomic E-state index is 12.4. The quantitative estimate of drug-likeness (QED) is 0.845. The third-order valence-electron chi connectivity index (χ3n) is 4.15. The molecule has 2 aromatic carbocycles. The molecule has 1 heterocycles. The van der Waals surface area contributed by atoms with Crippen LogP contribution < -0.4 is 5.32 Å². The number of piperazine rings is 1. The molecule has 0 radical (unpaired) electrons. The number of hydrogen-bond acceptors (Lipinski definition) is 3. The summed E-state index contributed by atoms with van der Waals surface area (Å²) >= 11 is 12.0. The lowest BCUT2D eigenvalue weighted by Gasteiger charge is -2.34. The minimum atomic E-state index is -0.179. The third kappa shape index (κ3) is 4.78. The van der Waals surface area contributed by atoms with Crippen molar-refractivity contribution in [1.29, 1.82) is 0 Å². The smallest absolute Gasteiger partial charge is 0.321 e. The van der Waals surface area contributed by atoms with Gasteiger partial charge in [0, 0.05) is 37.7 Å². The first-order valence-corrected chi connectivity index (χ1v) is 8.78. The van der Waals surface area contributed by atoms with E-state index in [4.69, 9.17) is 23.2 Å². The SMILES string of the molecule is O=C(Nc1cc(Cl)ccc1Cl)N1CCN(Cc2cccc(O)c2)CC1. The Morgan fingerprint density at radius 2 is 1.84 bits per heavy atom. The molecule has 0 spiro atoms. The lowest BCUT2D eigenvalue weighted by atomic mass is 10.2. The molecule has 3 rings (SSSR count). The van der Waals surface area contributed by atoms with Gasteiger partial charge in [0.05, 0.1) is 10.7 Å². The van der Waals surface area contributed by atoms with Gasteiger partial charge in [0.15, 0.2) is 0 Å². The molecule has 1 aliphatic heterocycles. The largest absolute Gasteiger partial charge is 0.508 e. The van der Waals surface area contributed by atoms with Crippen molar-refractivity contribution < 1.29 is 9.90 Å². The van der Waals surface area contributed by atoms with Crippen molar-refractivity contribution >= 4 is 34.9 Å². The van der Waals surface area contributed by atoms with E-state index in [2.05, 4.69) is 10.2 Å². The fourth-order valence-corrected chi connectivity index (χ4v) is 3.15. The number of hydrogen-bond donors (Lipinski definition) is 2. The second kappa shape index (κ2) is 7.95. The summed E-state index contributed by atoms with van der Waals surface area (Å²) in [4.78, 5) is 16.4. The summed E-state index contributed by atoms with van der Waals surface area (Å²) in [6.07, 6.45) is 0. The standard InChI is InChI=1S/C18H19Cl2N3O2/c19-14-4-5-16(20)17(11-14)21-18(25)23-8-6-22(7-9-23)12-13-2-1-3-15(24)10-13/h1-5,10-11,24H,6-9,12H2,(H,21,25). The van der Waals surface area contributed by atoms with E-state index in [-0.39, 0.29) is 11.8 Å². The molecule has 2 amide bonds. The lowest BCUT2D eigenvalue weighted by Crippen LogP contribution is -2.49. The van der Waals surface area contributed by atoms with E-state index in [0.29, 0.717) is 28.8 Å². The number of nitrogens with one attached hydrogen (secondary N) is 1. The molecule has 2 N–H and O–H groups in total. The summed E-state index contributed by atoms with van der Waals surface area (Å²) in [6.45, 7) is 3.55. The molecule has 5 nitrogen and oxygen atoms in total. The molecule has 0 saturated carbocycles. The fourth-order valence-electron chi connectivity index (χ4n) is 2.81. The molecule has 0 aromatic heterocycles. The van der Waals surface area contributed by atoms with Gasteiger partial charge < -0.3 is 15.3 Å². The van der Waals surface area contributed by atoms with E-state index in [1.165, 1.54) is 0 Å². The monoisotopic (exact) mass is 379 g/mol. The number of halogens is 2. The van der Waals surface area contributed by atoms with Crippen molar-refractivity contribution in [2.75, 3.05) is 31.5 Å². The van der Waals surface area contributed by atoms with Crippen molar-refractivity contribution in [3.8, 4) is 5.75 Å². The Balaban J connectivity index is 1.53. The number of nitrogens with zero attached hydrogens (tertiary/aromatic N) is 2. The highest BCUT2D eigenvalue weighted by atomic mass is 35.5. The van der Waals surface area contributed by atoms with Gasteiger partial charge in [-0.15, -0.1) is 0 Å². The number of phenols is 1. The van der Waals surface area contributed by atoms with E-state index in [1.807, 2.05) is 12.1 Å². The number of rotatable bonds is 3. The summed E-state index contributed by atoms with van der Waals surface area (Å²) in [7, 11) is 0. The number of benzene rings is 2. The second-order valence-corrected chi connectivity index (χ2v) is 6.83. The van der Waals surface area contributed by atoms with Gasteiger partial charge in [0.25, 0.3) is 0 Å². The molecule has 0 aliphatic carbocycles. The predicted octanol–water partition coefficient (Wildman–Crippen LogP) is 4.05. The Bertz CT molecular complexity index is 762. The Hall–Kier alpha value is -1.95. The van der Waals surface area contributed by atoms with Gasteiger partial charge in [0.2, 0.25) is 0 Å². The van der Waals surface area contributed by atoms with Crippen LogP contribution in [0, 0.1) is 0 Å². The first kappa shape index (κ1) is 17.9. The van der Waals surface area contributed by atoms with Crippen LogP contribution in [-0.2, 0) is 6.54 Å². The minimum Gasteiger partial charge on any atom is -0.508 e. The zero-order chi connectivity index (χ0) is 17.8. The van der Waals surface area contributed by atoms with Crippen LogP contribution >= 0.6 is 23.2 Å². The Labute approximate surface area is 156 Å². The number of urea groups is 1. The topological polar surface area (TPSA) is 55.8 Å². The average Bonchev–Trinajstić information content (AvgIpc) is 2.59. The predicted molar refractivity (Wildman–Crippen MR) is 100 cm³/mol. The van der Waals surface area contributed by atoms with E-state index < -0.39 is 0 Å². The Morgan fingerprint density at radius 1 is 1.08 bits per heavy atom. The first-order valence-electron chi connectivity index (χ1n) is 8.02.